The number of ketones is 1. The van der Waals surface area contributed by atoms with Crippen LogP contribution in [0, 0.1) is 7.14 Å². The summed E-state index contributed by atoms with van der Waals surface area (Å²) >= 11 is 4.12. The number of hydrogen-bond donors (Lipinski definition) is 1. The molecular formula is C17H14I2O4. The van der Waals surface area contributed by atoms with E-state index in [1.54, 1.807) is 38.5 Å². The highest BCUT2D eigenvalue weighted by atomic mass is 127. The van der Waals surface area contributed by atoms with Crippen molar-refractivity contribution in [1.29, 1.82) is 0 Å². The fourth-order valence-corrected chi connectivity index (χ4v) is 3.82. The van der Waals surface area contributed by atoms with Crippen LogP contribution in [-0.4, -0.2) is 25.1 Å². The lowest BCUT2D eigenvalue weighted by Gasteiger charge is -2.07. The van der Waals surface area contributed by atoms with Crippen LogP contribution in [0.2, 0.25) is 0 Å². The number of allylic oxidation sites excluding steroid dienone is 1. The van der Waals surface area contributed by atoms with E-state index < -0.39 is 0 Å². The lowest BCUT2D eigenvalue weighted by Crippen LogP contribution is -1.97. The number of halogens is 2. The van der Waals surface area contributed by atoms with Gasteiger partial charge in [0.2, 0.25) is 0 Å². The summed E-state index contributed by atoms with van der Waals surface area (Å²) < 4.78 is 12.0. The van der Waals surface area contributed by atoms with Crippen molar-refractivity contribution in [2.24, 2.45) is 0 Å². The van der Waals surface area contributed by atoms with E-state index in [0.29, 0.717) is 15.1 Å². The molecule has 0 bridgehead atoms. The highest BCUT2D eigenvalue weighted by Gasteiger charge is 2.12. The summed E-state index contributed by atoms with van der Waals surface area (Å²) in [6.45, 7) is 0. The first-order chi connectivity index (χ1) is 11.0. The molecule has 6 heteroatoms. The van der Waals surface area contributed by atoms with Crippen LogP contribution >= 0.6 is 45.2 Å². The predicted octanol–water partition coefficient (Wildman–Crippen LogP) is 4.51. The summed E-state index contributed by atoms with van der Waals surface area (Å²) in [6.07, 6.45) is 3.11. The third-order valence-corrected chi connectivity index (χ3v) is 4.57. The van der Waals surface area contributed by atoms with Crippen molar-refractivity contribution in [3.63, 3.8) is 0 Å². The molecule has 0 radical (unpaired) electrons. The first kappa shape index (κ1) is 18.1. The molecule has 0 aliphatic carbocycles. The standard InChI is InChI=1S/C17H14I2O4/c1-22-15-6-4-10(7-16(15)23-2)3-5-14(20)12-8-11(18)9-13(19)17(12)21/h3-9,21H,1-2H3/b5-3+. The Morgan fingerprint density at radius 2 is 1.78 bits per heavy atom. The number of carbonyl (C=O) groups is 1. The number of phenolic OH excluding ortho intramolecular Hbond substituents is 1. The molecule has 0 aliphatic rings. The molecule has 0 unspecified atom stereocenters. The monoisotopic (exact) mass is 536 g/mol. The van der Waals surface area contributed by atoms with Crippen LogP contribution in [-0.2, 0) is 0 Å². The van der Waals surface area contributed by atoms with E-state index >= 15 is 0 Å². The maximum Gasteiger partial charge on any atom is 0.189 e. The van der Waals surface area contributed by atoms with Crippen molar-refractivity contribution in [2.45, 2.75) is 0 Å². The van der Waals surface area contributed by atoms with Crippen LogP contribution in [0.15, 0.2) is 36.4 Å². The van der Waals surface area contributed by atoms with Gasteiger partial charge in [-0.3, -0.25) is 4.79 Å². The van der Waals surface area contributed by atoms with E-state index in [0.717, 1.165) is 9.13 Å². The van der Waals surface area contributed by atoms with Gasteiger partial charge >= 0.3 is 0 Å². The highest BCUT2D eigenvalue weighted by molar-refractivity contribution is 14.1. The minimum Gasteiger partial charge on any atom is -0.506 e. The van der Waals surface area contributed by atoms with Crippen LogP contribution < -0.4 is 9.47 Å². The smallest absolute Gasteiger partial charge is 0.189 e. The van der Waals surface area contributed by atoms with Crippen molar-refractivity contribution >= 4 is 57.0 Å². The Hall–Kier alpha value is -1.29. The number of carbonyl (C=O) groups excluding carboxylic acids is 1. The predicted molar refractivity (Wildman–Crippen MR) is 106 cm³/mol. The lowest BCUT2D eigenvalue weighted by atomic mass is 10.1. The Kier molecular flexibility index (Phi) is 6.28. The van der Waals surface area contributed by atoms with E-state index in [1.165, 1.54) is 6.08 Å². The Labute approximate surface area is 161 Å². The summed E-state index contributed by atoms with van der Waals surface area (Å²) in [6, 6.07) is 8.85. The zero-order valence-electron chi connectivity index (χ0n) is 12.5. The summed E-state index contributed by atoms with van der Waals surface area (Å²) in [7, 11) is 3.13. The van der Waals surface area contributed by atoms with Crippen LogP contribution in [0.4, 0.5) is 0 Å². The van der Waals surface area contributed by atoms with Crippen molar-refractivity contribution in [3.8, 4) is 17.2 Å². The second-order valence-corrected chi connectivity index (χ2v) is 7.00. The Morgan fingerprint density at radius 3 is 2.43 bits per heavy atom. The van der Waals surface area contributed by atoms with Gasteiger partial charge in [0.1, 0.15) is 5.75 Å². The summed E-state index contributed by atoms with van der Waals surface area (Å²) in [5.41, 5.74) is 1.09. The molecule has 0 fully saturated rings. The average molecular weight is 536 g/mol. The average Bonchev–Trinajstić information content (AvgIpc) is 2.55. The van der Waals surface area contributed by atoms with Gasteiger partial charge in [-0.1, -0.05) is 12.1 Å². The van der Waals surface area contributed by atoms with Crippen LogP contribution in [0.5, 0.6) is 17.2 Å². The molecule has 120 valence electrons. The molecule has 23 heavy (non-hydrogen) atoms. The van der Waals surface area contributed by atoms with Gasteiger partial charge in [-0.05, 0) is 81.1 Å². The Balaban J connectivity index is 2.28. The third kappa shape index (κ3) is 4.37. The van der Waals surface area contributed by atoms with E-state index in [2.05, 4.69) is 22.6 Å². The summed E-state index contributed by atoms with van der Waals surface area (Å²) in [5.74, 6) is 0.969. The molecule has 2 aromatic rings. The third-order valence-electron chi connectivity index (χ3n) is 3.13. The summed E-state index contributed by atoms with van der Waals surface area (Å²) in [4.78, 5) is 12.3. The Morgan fingerprint density at radius 1 is 1.09 bits per heavy atom. The molecule has 1 N–H and O–H groups in total. The minimum atomic E-state index is -0.256. The van der Waals surface area contributed by atoms with Crippen molar-refractivity contribution in [3.05, 3.63) is 54.7 Å². The second-order valence-electron chi connectivity index (χ2n) is 4.60. The van der Waals surface area contributed by atoms with Crippen molar-refractivity contribution in [1.82, 2.24) is 0 Å². The second kappa shape index (κ2) is 8.00. The van der Waals surface area contributed by atoms with E-state index in [1.807, 2.05) is 34.7 Å². The molecular weight excluding hydrogens is 522 g/mol. The Bertz CT molecular complexity index is 769. The van der Waals surface area contributed by atoms with Gasteiger partial charge in [0.25, 0.3) is 0 Å². The number of methoxy groups -OCH3 is 2. The first-order valence-corrected chi connectivity index (χ1v) is 8.74. The molecule has 0 aromatic heterocycles. The highest BCUT2D eigenvalue weighted by Crippen LogP contribution is 2.29. The molecule has 0 atom stereocenters. The molecule has 0 saturated heterocycles. The SMILES string of the molecule is COc1ccc(/C=C/C(=O)c2cc(I)cc(I)c2O)cc1OC. The van der Waals surface area contributed by atoms with E-state index in [-0.39, 0.29) is 17.1 Å². The van der Waals surface area contributed by atoms with Gasteiger partial charge in [-0.15, -0.1) is 0 Å². The van der Waals surface area contributed by atoms with Gasteiger partial charge in [-0.2, -0.15) is 0 Å². The van der Waals surface area contributed by atoms with Crippen LogP contribution in [0.25, 0.3) is 6.08 Å². The number of benzene rings is 2. The normalized spacial score (nSPS) is 10.8. The largest absolute Gasteiger partial charge is 0.506 e. The van der Waals surface area contributed by atoms with Gasteiger partial charge in [0.05, 0.1) is 23.4 Å². The quantitative estimate of drug-likeness (QED) is 0.347. The lowest BCUT2D eigenvalue weighted by molar-refractivity contribution is 0.104. The molecule has 2 rings (SSSR count). The van der Waals surface area contributed by atoms with Gasteiger partial charge in [-0.25, -0.2) is 0 Å². The van der Waals surface area contributed by atoms with E-state index in [9.17, 15) is 9.90 Å². The zero-order valence-corrected chi connectivity index (χ0v) is 16.8. The zero-order chi connectivity index (χ0) is 17.0. The van der Waals surface area contributed by atoms with Crippen LogP contribution in [0.3, 0.4) is 0 Å². The van der Waals surface area contributed by atoms with E-state index in [4.69, 9.17) is 9.47 Å². The van der Waals surface area contributed by atoms with Gasteiger partial charge in [0.15, 0.2) is 17.3 Å². The van der Waals surface area contributed by atoms with Crippen molar-refractivity contribution in [2.75, 3.05) is 14.2 Å². The number of ether oxygens (including phenoxy) is 2. The molecule has 0 spiro atoms. The fraction of sp³-hybridized carbons (Fsp3) is 0.118. The van der Waals surface area contributed by atoms with Crippen LogP contribution in [0.1, 0.15) is 15.9 Å². The van der Waals surface area contributed by atoms with Crippen molar-refractivity contribution < 1.29 is 19.4 Å². The fourth-order valence-electron chi connectivity index (χ4n) is 1.97. The van der Waals surface area contributed by atoms with Gasteiger partial charge in [0, 0.05) is 3.57 Å². The molecule has 2 aromatic carbocycles. The summed E-state index contributed by atoms with van der Waals surface area (Å²) in [5, 5.41) is 10.0. The maximum absolute atomic E-state index is 12.3. The molecule has 0 saturated carbocycles. The number of hydrogen-bond acceptors (Lipinski definition) is 4. The molecule has 0 heterocycles. The topological polar surface area (TPSA) is 55.8 Å². The number of phenols is 1. The minimum absolute atomic E-state index is 0.00739. The molecule has 0 amide bonds. The first-order valence-electron chi connectivity index (χ1n) is 6.58. The maximum atomic E-state index is 12.3. The molecule has 0 aliphatic heterocycles. The number of aromatic hydroxyl groups is 1. The van der Waals surface area contributed by atoms with Gasteiger partial charge < -0.3 is 14.6 Å². The number of rotatable bonds is 5. The molecule has 4 nitrogen and oxygen atoms in total.